The summed E-state index contributed by atoms with van der Waals surface area (Å²) in [7, 11) is 2.10. The molecule has 0 amide bonds. The summed E-state index contributed by atoms with van der Waals surface area (Å²) in [6, 6.07) is 10.1. The minimum atomic E-state index is -0.392. The molecule has 124 valence electrons. The Hall–Kier alpha value is -2.11. The molecule has 0 atom stereocenters. The van der Waals surface area contributed by atoms with Crippen LogP contribution in [0.2, 0.25) is 5.02 Å². The Bertz CT molecular complexity index is 816. The number of hydrogen-bond acceptors (Lipinski definition) is 4. The van der Waals surface area contributed by atoms with Gasteiger partial charge in [-0.3, -0.25) is 0 Å². The maximum atomic E-state index is 14.4. The third kappa shape index (κ3) is 2.74. The van der Waals surface area contributed by atoms with Crippen molar-refractivity contribution in [2.45, 2.75) is 0 Å². The van der Waals surface area contributed by atoms with Gasteiger partial charge in [0.25, 0.3) is 0 Å². The van der Waals surface area contributed by atoms with Gasteiger partial charge in [0, 0.05) is 31.2 Å². The van der Waals surface area contributed by atoms with Crippen LogP contribution in [0.1, 0.15) is 5.56 Å². The molecule has 4 rings (SSSR count). The summed E-state index contributed by atoms with van der Waals surface area (Å²) in [6.07, 6.45) is 0. The van der Waals surface area contributed by atoms with E-state index in [9.17, 15) is 4.39 Å². The van der Waals surface area contributed by atoms with Gasteiger partial charge in [-0.15, -0.1) is 0 Å². The van der Waals surface area contributed by atoms with Gasteiger partial charge in [-0.05, 0) is 37.4 Å². The Morgan fingerprint density at radius 3 is 2.71 bits per heavy atom. The van der Waals surface area contributed by atoms with Gasteiger partial charge in [-0.2, -0.15) is 0 Å². The highest BCUT2D eigenvalue weighted by Crippen LogP contribution is 2.40. The number of aliphatic imine (C=N–C) groups is 1. The number of piperazine rings is 1. The van der Waals surface area contributed by atoms with Crippen molar-refractivity contribution in [1.82, 2.24) is 9.80 Å². The standard InChI is InChI=1S/C18H17ClFN3O/c1-22-7-9-23(10-8-22)18-13-3-2-4-14(20)17(13)24-16-6-5-12(19)11-15(16)21-18/h2-6,11H,7-10H2,1H3. The lowest BCUT2D eigenvalue weighted by Crippen LogP contribution is -2.47. The first kappa shape index (κ1) is 15.4. The van der Waals surface area contributed by atoms with E-state index in [1.54, 1.807) is 24.3 Å². The molecule has 0 radical (unpaired) electrons. The van der Waals surface area contributed by atoms with Crippen molar-refractivity contribution < 1.29 is 9.13 Å². The van der Waals surface area contributed by atoms with Gasteiger partial charge in [0.1, 0.15) is 11.5 Å². The molecule has 2 aromatic rings. The highest BCUT2D eigenvalue weighted by molar-refractivity contribution is 6.31. The molecule has 0 unspecified atom stereocenters. The molecule has 1 fully saturated rings. The van der Waals surface area contributed by atoms with Crippen LogP contribution in [-0.2, 0) is 0 Å². The van der Waals surface area contributed by atoms with Gasteiger partial charge in [0.15, 0.2) is 17.3 Å². The first-order chi connectivity index (χ1) is 11.6. The first-order valence-electron chi connectivity index (χ1n) is 7.90. The Morgan fingerprint density at radius 2 is 1.92 bits per heavy atom. The fourth-order valence-corrected chi connectivity index (χ4v) is 3.16. The van der Waals surface area contributed by atoms with Crippen molar-refractivity contribution in [2.75, 3.05) is 33.2 Å². The van der Waals surface area contributed by atoms with Crippen LogP contribution in [0.25, 0.3) is 0 Å². The predicted molar refractivity (Wildman–Crippen MR) is 93.2 cm³/mol. The Kier molecular flexibility index (Phi) is 3.90. The molecule has 4 nitrogen and oxygen atoms in total. The van der Waals surface area contributed by atoms with Gasteiger partial charge in [-0.25, -0.2) is 9.38 Å². The third-order valence-corrected chi connectivity index (χ3v) is 4.61. The Balaban J connectivity index is 1.87. The number of amidine groups is 1. The maximum absolute atomic E-state index is 14.4. The summed E-state index contributed by atoms with van der Waals surface area (Å²) in [5, 5.41) is 0.574. The van der Waals surface area contributed by atoms with Crippen LogP contribution >= 0.6 is 11.6 Å². The number of likely N-dealkylation sites (N-methyl/N-ethyl adjacent to an activating group) is 1. The quantitative estimate of drug-likeness (QED) is 0.724. The van der Waals surface area contributed by atoms with Gasteiger partial charge in [0.2, 0.25) is 0 Å². The summed E-state index contributed by atoms with van der Waals surface area (Å²) in [4.78, 5) is 9.22. The molecule has 0 aromatic heterocycles. The van der Waals surface area contributed by atoms with Gasteiger partial charge in [0.05, 0.1) is 5.56 Å². The fraction of sp³-hybridized carbons (Fsp3) is 0.278. The Labute approximate surface area is 145 Å². The van der Waals surface area contributed by atoms with E-state index in [2.05, 4.69) is 16.8 Å². The van der Waals surface area contributed by atoms with E-state index in [1.807, 2.05) is 6.07 Å². The van der Waals surface area contributed by atoms with E-state index >= 15 is 0 Å². The fourth-order valence-electron chi connectivity index (χ4n) is 3.00. The molecule has 0 N–H and O–H groups in total. The van der Waals surface area contributed by atoms with E-state index in [0.717, 1.165) is 32.0 Å². The lowest BCUT2D eigenvalue weighted by Gasteiger charge is -2.34. The van der Waals surface area contributed by atoms with Crippen LogP contribution in [0.5, 0.6) is 11.5 Å². The summed E-state index contributed by atoms with van der Waals surface area (Å²) >= 11 is 6.11. The highest BCUT2D eigenvalue weighted by Gasteiger charge is 2.26. The van der Waals surface area contributed by atoms with Crippen molar-refractivity contribution in [3.05, 3.63) is 52.8 Å². The second kappa shape index (κ2) is 6.07. The van der Waals surface area contributed by atoms with Crippen molar-refractivity contribution in [3.63, 3.8) is 0 Å². The smallest absolute Gasteiger partial charge is 0.174 e. The highest BCUT2D eigenvalue weighted by atomic mass is 35.5. The number of rotatable bonds is 0. The second-order valence-corrected chi connectivity index (χ2v) is 6.49. The minimum Gasteiger partial charge on any atom is -0.451 e. The van der Waals surface area contributed by atoms with Crippen LogP contribution in [0.4, 0.5) is 10.1 Å². The van der Waals surface area contributed by atoms with Crippen molar-refractivity contribution >= 4 is 23.1 Å². The zero-order valence-electron chi connectivity index (χ0n) is 13.3. The largest absolute Gasteiger partial charge is 0.451 e. The van der Waals surface area contributed by atoms with E-state index in [4.69, 9.17) is 21.3 Å². The monoisotopic (exact) mass is 345 g/mol. The Morgan fingerprint density at radius 1 is 1.12 bits per heavy atom. The number of ether oxygens (including phenoxy) is 1. The van der Waals surface area contributed by atoms with Crippen LogP contribution in [0.15, 0.2) is 41.4 Å². The number of nitrogens with zero attached hydrogens (tertiary/aromatic N) is 3. The topological polar surface area (TPSA) is 28.1 Å². The molecule has 6 heteroatoms. The van der Waals surface area contributed by atoms with Crippen molar-refractivity contribution in [1.29, 1.82) is 0 Å². The van der Waals surface area contributed by atoms with E-state index in [-0.39, 0.29) is 5.75 Å². The van der Waals surface area contributed by atoms with E-state index < -0.39 is 5.82 Å². The average Bonchev–Trinajstić information content (AvgIpc) is 2.73. The van der Waals surface area contributed by atoms with Crippen LogP contribution in [0, 0.1) is 5.82 Å². The molecule has 0 spiro atoms. The average molecular weight is 346 g/mol. The number of hydrogen-bond donors (Lipinski definition) is 0. The van der Waals surface area contributed by atoms with Gasteiger partial charge < -0.3 is 14.5 Å². The second-order valence-electron chi connectivity index (χ2n) is 6.06. The van der Waals surface area contributed by atoms with E-state index in [1.165, 1.54) is 6.07 Å². The van der Waals surface area contributed by atoms with Crippen molar-refractivity contribution in [3.8, 4) is 11.5 Å². The molecular formula is C18H17ClFN3O. The zero-order chi connectivity index (χ0) is 16.7. The first-order valence-corrected chi connectivity index (χ1v) is 8.28. The van der Waals surface area contributed by atoms with E-state index in [0.29, 0.717) is 22.0 Å². The lowest BCUT2D eigenvalue weighted by atomic mass is 10.1. The molecule has 2 aromatic carbocycles. The number of fused-ring (bicyclic) bond motifs is 2. The number of halogens is 2. The molecule has 2 aliphatic heterocycles. The zero-order valence-corrected chi connectivity index (χ0v) is 14.1. The minimum absolute atomic E-state index is 0.219. The van der Waals surface area contributed by atoms with Gasteiger partial charge in [-0.1, -0.05) is 17.7 Å². The van der Waals surface area contributed by atoms with Crippen LogP contribution in [0.3, 0.4) is 0 Å². The molecule has 2 heterocycles. The maximum Gasteiger partial charge on any atom is 0.174 e. The molecule has 0 bridgehead atoms. The number of para-hydroxylation sites is 1. The predicted octanol–water partition coefficient (Wildman–Crippen LogP) is 3.91. The summed E-state index contributed by atoms with van der Waals surface area (Å²) in [6.45, 7) is 3.54. The lowest BCUT2D eigenvalue weighted by molar-refractivity contribution is 0.215. The van der Waals surface area contributed by atoms with Gasteiger partial charge >= 0.3 is 0 Å². The van der Waals surface area contributed by atoms with Crippen LogP contribution in [-0.4, -0.2) is 48.9 Å². The number of benzene rings is 2. The molecule has 1 saturated heterocycles. The summed E-state index contributed by atoms with van der Waals surface area (Å²) in [5.41, 5.74) is 1.29. The van der Waals surface area contributed by atoms with Crippen molar-refractivity contribution in [2.24, 2.45) is 4.99 Å². The third-order valence-electron chi connectivity index (χ3n) is 4.37. The summed E-state index contributed by atoms with van der Waals surface area (Å²) in [5.74, 6) is 1.07. The normalized spacial score (nSPS) is 17.5. The van der Waals surface area contributed by atoms with Crippen LogP contribution < -0.4 is 4.74 Å². The molecule has 0 saturated carbocycles. The summed E-state index contributed by atoms with van der Waals surface area (Å²) < 4.78 is 20.2. The molecule has 24 heavy (non-hydrogen) atoms. The molecule has 2 aliphatic rings. The molecule has 0 aliphatic carbocycles. The SMILES string of the molecule is CN1CCN(C2=Nc3cc(Cl)ccc3Oc3c(F)cccc32)CC1. The molecular weight excluding hydrogens is 329 g/mol.